The van der Waals surface area contributed by atoms with Crippen molar-refractivity contribution < 1.29 is 8.42 Å². The van der Waals surface area contributed by atoms with Gasteiger partial charge in [0.2, 0.25) is 10.0 Å². The summed E-state index contributed by atoms with van der Waals surface area (Å²) in [6.45, 7) is 4.55. The van der Waals surface area contributed by atoms with Crippen LogP contribution in [-0.2, 0) is 22.9 Å². The molecular weight excluding hydrogens is 372 g/mol. The normalized spacial score (nSPS) is 16.0. The van der Waals surface area contributed by atoms with Gasteiger partial charge in [0.25, 0.3) is 0 Å². The van der Waals surface area contributed by atoms with Gasteiger partial charge >= 0.3 is 0 Å². The summed E-state index contributed by atoms with van der Waals surface area (Å²) in [5, 5.41) is 4.83. The molecule has 154 valence electrons. The summed E-state index contributed by atoms with van der Waals surface area (Å²) in [7, 11) is -1.60. The van der Waals surface area contributed by atoms with Gasteiger partial charge in [0.15, 0.2) is 5.82 Å². The number of benzene rings is 1. The van der Waals surface area contributed by atoms with Crippen molar-refractivity contribution in [3.05, 3.63) is 41.0 Å². The molecule has 1 aliphatic rings. The van der Waals surface area contributed by atoms with Crippen molar-refractivity contribution in [1.29, 1.82) is 0 Å². The van der Waals surface area contributed by atoms with E-state index in [1.807, 2.05) is 4.68 Å². The summed E-state index contributed by atoms with van der Waals surface area (Å²) in [6, 6.07) is 6.35. The molecular formula is C21H32N4O2S. The summed E-state index contributed by atoms with van der Waals surface area (Å²) in [4.78, 5) is 4.82. The maximum atomic E-state index is 11.7. The molecule has 0 atom stereocenters. The molecule has 28 heavy (non-hydrogen) atoms. The number of rotatable bonds is 7. The molecule has 0 radical (unpaired) electrons. The first kappa shape index (κ1) is 21.0. The van der Waals surface area contributed by atoms with Gasteiger partial charge in [-0.2, -0.15) is 5.10 Å². The highest BCUT2D eigenvalue weighted by Gasteiger charge is 2.20. The van der Waals surface area contributed by atoms with Crippen LogP contribution in [0.15, 0.2) is 18.2 Å². The Kier molecular flexibility index (Phi) is 6.55. The van der Waals surface area contributed by atoms with Crippen molar-refractivity contribution in [2.45, 2.75) is 58.8 Å². The highest BCUT2D eigenvalue weighted by atomic mass is 32.2. The fourth-order valence-corrected chi connectivity index (χ4v) is 4.42. The lowest BCUT2D eigenvalue weighted by Crippen LogP contribution is -2.28. The van der Waals surface area contributed by atoms with Crippen LogP contribution in [0.2, 0.25) is 0 Å². The molecule has 1 saturated carbocycles. The van der Waals surface area contributed by atoms with Gasteiger partial charge in [-0.3, -0.25) is 0 Å². The minimum atomic E-state index is -3.20. The Morgan fingerprint density at radius 2 is 1.75 bits per heavy atom. The second-order valence-corrected chi connectivity index (χ2v) is 10.3. The monoisotopic (exact) mass is 404 g/mol. The third-order valence-electron chi connectivity index (χ3n) is 5.58. The number of nitrogens with zero attached hydrogens (tertiary/aromatic N) is 4. The summed E-state index contributed by atoms with van der Waals surface area (Å²) in [6.07, 6.45) is 9.12. The van der Waals surface area contributed by atoms with E-state index >= 15 is 0 Å². The van der Waals surface area contributed by atoms with Crippen LogP contribution >= 0.6 is 0 Å². The molecule has 1 aromatic carbocycles. The summed E-state index contributed by atoms with van der Waals surface area (Å²) in [5.41, 5.74) is 3.36. The molecule has 0 N–H and O–H groups in total. The Morgan fingerprint density at radius 1 is 1.11 bits per heavy atom. The van der Waals surface area contributed by atoms with E-state index < -0.39 is 10.0 Å². The van der Waals surface area contributed by atoms with Gasteiger partial charge in [-0.25, -0.2) is 22.4 Å². The van der Waals surface area contributed by atoms with Crippen LogP contribution in [-0.4, -0.2) is 47.3 Å². The lowest BCUT2D eigenvalue weighted by atomic mass is 9.87. The van der Waals surface area contributed by atoms with Crippen LogP contribution < -0.4 is 0 Å². The molecule has 0 spiro atoms. The molecule has 1 fully saturated rings. The standard InChI is InChI=1S/C21H32N4O2S/c1-16-12-17(2)14-19(13-16)25-21(10-11-24(3)28(4,26)27)22-20(23-25)15-18-8-6-5-7-9-18/h12-14,18H,5-11,15H2,1-4H3. The number of likely N-dealkylation sites (N-methyl/N-ethyl adjacent to an activating group) is 1. The molecule has 0 aliphatic heterocycles. The van der Waals surface area contributed by atoms with E-state index in [9.17, 15) is 8.42 Å². The van der Waals surface area contributed by atoms with Gasteiger partial charge in [0.05, 0.1) is 11.9 Å². The van der Waals surface area contributed by atoms with Crippen molar-refractivity contribution in [2.75, 3.05) is 19.8 Å². The Hall–Kier alpha value is -1.73. The smallest absolute Gasteiger partial charge is 0.210 e. The van der Waals surface area contributed by atoms with Crippen LogP contribution in [0.4, 0.5) is 0 Å². The lowest BCUT2D eigenvalue weighted by Gasteiger charge is -2.19. The van der Waals surface area contributed by atoms with E-state index in [0.717, 1.165) is 23.8 Å². The highest BCUT2D eigenvalue weighted by Crippen LogP contribution is 2.26. The number of sulfonamides is 1. The number of hydrogen-bond acceptors (Lipinski definition) is 4. The predicted molar refractivity (Wildman–Crippen MR) is 112 cm³/mol. The number of aromatic nitrogens is 3. The van der Waals surface area contributed by atoms with Crippen LogP contribution in [0.3, 0.4) is 0 Å². The summed E-state index contributed by atoms with van der Waals surface area (Å²) < 4.78 is 26.8. The van der Waals surface area contributed by atoms with Crippen molar-refractivity contribution in [2.24, 2.45) is 5.92 Å². The van der Waals surface area contributed by atoms with E-state index in [0.29, 0.717) is 18.9 Å². The Morgan fingerprint density at radius 3 is 2.36 bits per heavy atom. The average Bonchev–Trinajstić information content (AvgIpc) is 3.01. The summed E-state index contributed by atoms with van der Waals surface area (Å²) >= 11 is 0. The van der Waals surface area contributed by atoms with E-state index in [2.05, 4.69) is 32.0 Å². The third-order valence-corrected chi connectivity index (χ3v) is 6.90. The summed E-state index contributed by atoms with van der Waals surface area (Å²) in [5.74, 6) is 2.37. The molecule has 2 aromatic rings. The maximum absolute atomic E-state index is 11.7. The largest absolute Gasteiger partial charge is 0.218 e. The second kappa shape index (κ2) is 8.74. The molecule has 1 aromatic heterocycles. The quantitative estimate of drug-likeness (QED) is 0.709. The van der Waals surface area contributed by atoms with E-state index in [1.54, 1.807) is 7.05 Å². The molecule has 7 heteroatoms. The molecule has 0 bridgehead atoms. The fraction of sp³-hybridized carbons (Fsp3) is 0.619. The van der Waals surface area contributed by atoms with E-state index in [-0.39, 0.29) is 0 Å². The Labute approximate surface area is 169 Å². The van der Waals surface area contributed by atoms with Gasteiger partial charge in [-0.05, 0) is 43.0 Å². The number of aryl methyl sites for hydroxylation is 2. The fourth-order valence-electron chi connectivity index (χ4n) is 3.99. The van der Waals surface area contributed by atoms with E-state index in [1.165, 1.54) is 53.8 Å². The molecule has 0 amide bonds. The molecule has 1 heterocycles. The van der Waals surface area contributed by atoms with Gasteiger partial charge in [-0.1, -0.05) is 38.2 Å². The third kappa shape index (κ3) is 5.41. The topological polar surface area (TPSA) is 68.1 Å². The molecule has 0 unspecified atom stereocenters. The second-order valence-electron chi connectivity index (χ2n) is 8.24. The van der Waals surface area contributed by atoms with Crippen LogP contribution in [0.5, 0.6) is 0 Å². The van der Waals surface area contributed by atoms with Gasteiger partial charge in [-0.15, -0.1) is 0 Å². The number of hydrogen-bond donors (Lipinski definition) is 0. The Balaban J connectivity index is 1.88. The zero-order valence-corrected chi connectivity index (χ0v) is 18.3. The van der Waals surface area contributed by atoms with Crippen LogP contribution in [0.1, 0.15) is 54.9 Å². The first-order chi connectivity index (χ1) is 13.2. The lowest BCUT2D eigenvalue weighted by molar-refractivity contribution is 0.351. The predicted octanol–water partition coefficient (Wildman–Crippen LogP) is 3.44. The molecule has 1 aliphatic carbocycles. The first-order valence-electron chi connectivity index (χ1n) is 10.2. The van der Waals surface area contributed by atoms with Crippen molar-refractivity contribution in [3.63, 3.8) is 0 Å². The average molecular weight is 405 g/mol. The minimum Gasteiger partial charge on any atom is -0.218 e. The van der Waals surface area contributed by atoms with Gasteiger partial charge in [0.1, 0.15) is 5.82 Å². The van der Waals surface area contributed by atoms with Crippen molar-refractivity contribution >= 4 is 10.0 Å². The van der Waals surface area contributed by atoms with Crippen LogP contribution in [0, 0.1) is 19.8 Å². The first-order valence-corrected chi connectivity index (χ1v) is 12.0. The van der Waals surface area contributed by atoms with Crippen molar-refractivity contribution in [3.8, 4) is 5.69 Å². The maximum Gasteiger partial charge on any atom is 0.210 e. The van der Waals surface area contributed by atoms with Gasteiger partial charge < -0.3 is 0 Å². The Bertz CT molecular complexity index is 894. The minimum absolute atomic E-state index is 0.394. The van der Waals surface area contributed by atoms with Gasteiger partial charge in [0, 0.05) is 26.4 Å². The zero-order chi connectivity index (χ0) is 20.3. The highest BCUT2D eigenvalue weighted by molar-refractivity contribution is 7.88. The zero-order valence-electron chi connectivity index (χ0n) is 17.5. The van der Waals surface area contributed by atoms with Crippen molar-refractivity contribution in [1.82, 2.24) is 19.1 Å². The van der Waals surface area contributed by atoms with E-state index in [4.69, 9.17) is 10.1 Å². The molecule has 0 saturated heterocycles. The molecule has 3 rings (SSSR count). The van der Waals surface area contributed by atoms with Crippen LogP contribution in [0.25, 0.3) is 5.69 Å². The SMILES string of the molecule is Cc1cc(C)cc(-n2nc(CC3CCCCC3)nc2CCN(C)S(C)(=O)=O)c1. The molecule has 6 nitrogen and oxygen atoms in total.